The van der Waals surface area contributed by atoms with Crippen LogP contribution in [0.2, 0.25) is 0 Å². The number of nitrogens with zero attached hydrogens (tertiary/aromatic N) is 3. The number of ether oxygens (including phenoxy) is 1. The van der Waals surface area contributed by atoms with Crippen LogP contribution < -0.4 is 15.0 Å². The highest BCUT2D eigenvalue weighted by atomic mass is 16.6. The summed E-state index contributed by atoms with van der Waals surface area (Å²) >= 11 is 0. The second-order valence-electron chi connectivity index (χ2n) is 5.36. The number of rotatable bonds is 5. The Morgan fingerprint density at radius 2 is 2.05 bits per heavy atom. The molecular formula is C14H22N4O3. The third-order valence-corrected chi connectivity index (χ3v) is 4.22. The van der Waals surface area contributed by atoms with Crippen molar-refractivity contribution in [3.8, 4) is 5.88 Å². The molecule has 1 aliphatic rings. The number of aromatic nitrogens is 1. The van der Waals surface area contributed by atoms with Crippen LogP contribution in [0.4, 0.5) is 11.5 Å². The molecule has 1 fully saturated rings. The molecule has 0 spiro atoms. The number of methoxy groups -OCH3 is 1. The van der Waals surface area contributed by atoms with Gasteiger partial charge in [0, 0.05) is 31.3 Å². The summed E-state index contributed by atoms with van der Waals surface area (Å²) in [6, 6.07) is 3.79. The predicted molar refractivity (Wildman–Crippen MR) is 81.0 cm³/mol. The van der Waals surface area contributed by atoms with Crippen molar-refractivity contribution in [2.75, 3.05) is 26.1 Å². The molecule has 2 rings (SSSR count). The largest absolute Gasteiger partial charge is 0.481 e. The van der Waals surface area contributed by atoms with E-state index in [4.69, 9.17) is 4.74 Å². The van der Waals surface area contributed by atoms with Crippen LogP contribution in [0.15, 0.2) is 12.1 Å². The maximum Gasteiger partial charge on any atom is 0.311 e. The van der Waals surface area contributed by atoms with E-state index in [1.54, 1.807) is 0 Å². The van der Waals surface area contributed by atoms with E-state index in [-0.39, 0.29) is 11.7 Å². The van der Waals surface area contributed by atoms with Crippen molar-refractivity contribution >= 4 is 11.5 Å². The summed E-state index contributed by atoms with van der Waals surface area (Å²) < 4.78 is 5.09. The van der Waals surface area contributed by atoms with Crippen LogP contribution in [0.1, 0.15) is 25.7 Å². The Balaban J connectivity index is 2.21. The summed E-state index contributed by atoms with van der Waals surface area (Å²) in [6.07, 6.45) is 4.14. The van der Waals surface area contributed by atoms with Gasteiger partial charge in [0.15, 0.2) is 0 Å². The smallest absolute Gasteiger partial charge is 0.311 e. The van der Waals surface area contributed by atoms with Crippen LogP contribution in [-0.2, 0) is 0 Å². The molecule has 0 amide bonds. The summed E-state index contributed by atoms with van der Waals surface area (Å²) in [5.74, 6) is 0.776. The third kappa shape index (κ3) is 3.41. The number of pyridine rings is 1. The summed E-state index contributed by atoms with van der Waals surface area (Å²) in [5, 5.41) is 14.5. The first-order valence-corrected chi connectivity index (χ1v) is 7.16. The van der Waals surface area contributed by atoms with Crippen molar-refractivity contribution in [1.29, 1.82) is 0 Å². The zero-order valence-electron chi connectivity index (χ0n) is 12.7. The average Bonchev–Trinajstić information content (AvgIpc) is 2.53. The van der Waals surface area contributed by atoms with Crippen LogP contribution in [-0.4, -0.2) is 43.2 Å². The normalized spacial score (nSPS) is 21.9. The number of hydrogen-bond donors (Lipinski definition) is 1. The number of nitrogens with one attached hydrogen (secondary N) is 1. The Hall–Kier alpha value is -1.89. The Morgan fingerprint density at radius 1 is 1.38 bits per heavy atom. The van der Waals surface area contributed by atoms with E-state index in [9.17, 15) is 10.1 Å². The lowest BCUT2D eigenvalue weighted by Gasteiger charge is -2.35. The second kappa shape index (κ2) is 6.71. The zero-order valence-corrected chi connectivity index (χ0v) is 12.7. The Labute approximate surface area is 124 Å². The fraction of sp³-hybridized carbons (Fsp3) is 0.643. The lowest BCUT2D eigenvalue weighted by molar-refractivity contribution is -0.384. The molecule has 0 aromatic carbocycles. The zero-order chi connectivity index (χ0) is 15.4. The van der Waals surface area contributed by atoms with Gasteiger partial charge in [0.2, 0.25) is 11.7 Å². The van der Waals surface area contributed by atoms with Crippen molar-refractivity contribution in [2.45, 2.75) is 37.8 Å². The molecule has 0 radical (unpaired) electrons. The Kier molecular flexibility index (Phi) is 4.95. The minimum atomic E-state index is -0.391. The molecule has 0 saturated heterocycles. The maximum absolute atomic E-state index is 11.2. The number of nitro groups is 1. The van der Waals surface area contributed by atoms with Crippen LogP contribution in [0, 0.1) is 10.1 Å². The quantitative estimate of drug-likeness (QED) is 0.660. The summed E-state index contributed by atoms with van der Waals surface area (Å²) in [6.45, 7) is 0. The van der Waals surface area contributed by atoms with E-state index in [2.05, 4.69) is 10.3 Å². The molecule has 0 atom stereocenters. The summed E-state index contributed by atoms with van der Waals surface area (Å²) in [7, 11) is 5.36. The first-order valence-electron chi connectivity index (χ1n) is 7.16. The molecular weight excluding hydrogens is 272 g/mol. The molecule has 1 heterocycles. The molecule has 0 bridgehead atoms. The SMILES string of the molecule is CNC1CCC(N(C)c2nc(OC)ccc2[N+](=O)[O-])CC1. The fourth-order valence-corrected chi connectivity index (χ4v) is 2.86. The van der Waals surface area contributed by atoms with E-state index in [1.165, 1.54) is 19.2 Å². The molecule has 7 nitrogen and oxygen atoms in total. The lowest BCUT2D eigenvalue weighted by atomic mass is 9.90. The van der Waals surface area contributed by atoms with Crippen LogP contribution in [0.3, 0.4) is 0 Å². The van der Waals surface area contributed by atoms with E-state index in [0.29, 0.717) is 17.7 Å². The first-order chi connectivity index (χ1) is 10.1. The first kappa shape index (κ1) is 15.5. The highest BCUT2D eigenvalue weighted by Crippen LogP contribution is 2.32. The highest BCUT2D eigenvalue weighted by Gasteiger charge is 2.28. The topological polar surface area (TPSA) is 80.5 Å². The van der Waals surface area contributed by atoms with Gasteiger partial charge in [-0.15, -0.1) is 0 Å². The minimum absolute atomic E-state index is 0.0223. The van der Waals surface area contributed by atoms with Gasteiger partial charge in [-0.1, -0.05) is 0 Å². The van der Waals surface area contributed by atoms with Gasteiger partial charge in [-0.2, -0.15) is 4.98 Å². The minimum Gasteiger partial charge on any atom is -0.481 e. The molecule has 21 heavy (non-hydrogen) atoms. The molecule has 0 aliphatic heterocycles. The third-order valence-electron chi connectivity index (χ3n) is 4.22. The summed E-state index contributed by atoms with van der Waals surface area (Å²) in [4.78, 5) is 17.0. The fourth-order valence-electron chi connectivity index (χ4n) is 2.86. The molecule has 1 aromatic rings. The monoisotopic (exact) mass is 294 g/mol. The van der Waals surface area contributed by atoms with E-state index >= 15 is 0 Å². The van der Waals surface area contributed by atoms with E-state index in [1.807, 2.05) is 19.0 Å². The van der Waals surface area contributed by atoms with Gasteiger partial charge in [0.05, 0.1) is 12.0 Å². The van der Waals surface area contributed by atoms with Gasteiger partial charge in [-0.25, -0.2) is 0 Å². The lowest BCUT2D eigenvalue weighted by Crippen LogP contribution is -2.40. The molecule has 116 valence electrons. The average molecular weight is 294 g/mol. The van der Waals surface area contributed by atoms with Crippen LogP contribution >= 0.6 is 0 Å². The standard InChI is InChI=1S/C14H22N4O3/c1-15-10-4-6-11(7-5-10)17(2)14-12(18(19)20)8-9-13(16-14)21-3/h8-11,15H,4-7H2,1-3H3. The molecule has 1 aliphatic carbocycles. The van der Waals surface area contributed by atoms with Gasteiger partial charge in [-0.05, 0) is 32.7 Å². The van der Waals surface area contributed by atoms with Gasteiger partial charge in [-0.3, -0.25) is 10.1 Å². The Morgan fingerprint density at radius 3 is 2.57 bits per heavy atom. The van der Waals surface area contributed by atoms with Gasteiger partial charge < -0.3 is 15.0 Å². The van der Waals surface area contributed by atoms with Crippen molar-refractivity contribution < 1.29 is 9.66 Å². The van der Waals surface area contributed by atoms with Crippen molar-refractivity contribution in [3.05, 3.63) is 22.2 Å². The molecule has 1 saturated carbocycles. The van der Waals surface area contributed by atoms with Gasteiger partial charge in [0.25, 0.3) is 0 Å². The van der Waals surface area contributed by atoms with Gasteiger partial charge >= 0.3 is 5.69 Å². The van der Waals surface area contributed by atoms with Crippen LogP contribution in [0.5, 0.6) is 5.88 Å². The molecule has 1 aromatic heterocycles. The van der Waals surface area contributed by atoms with Gasteiger partial charge in [0.1, 0.15) is 0 Å². The highest BCUT2D eigenvalue weighted by molar-refractivity contribution is 5.59. The number of hydrogen-bond acceptors (Lipinski definition) is 6. The Bertz CT molecular complexity index is 501. The van der Waals surface area contributed by atoms with Crippen molar-refractivity contribution in [2.24, 2.45) is 0 Å². The van der Waals surface area contributed by atoms with E-state index < -0.39 is 4.92 Å². The molecule has 0 unspecified atom stereocenters. The van der Waals surface area contributed by atoms with E-state index in [0.717, 1.165) is 25.7 Å². The van der Waals surface area contributed by atoms with Crippen LogP contribution in [0.25, 0.3) is 0 Å². The maximum atomic E-state index is 11.2. The predicted octanol–water partition coefficient (Wildman–Crippen LogP) is 1.97. The molecule has 7 heteroatoms. The van der Waals surface area contributed by atoms with Crippen molar-refractivity contribution in [3.63, 3.8) is 0 Å². The summed E-state index contributed by atoms with van der Waals surface area (Å²) in [5.41, 5.74) is 0.0223. The number of anilines is 1. The second-order valence-corrected chi connectivity index (χ2v) is 5.36. The molecule has 1 N–H and O–H groups in total. The van der Waals surface area contributed by atoms with Crippen molar-refractivity contribution in [1.82, 2.24) is 10.3 Å².